The van der Waals surface area contributed by atoms with Crippen molar-refractivity contribution < 1.29 is 13.9 Å². The van der Waals surface area contributed by atoms with Crippen LogP contribution in [0.1, 0.15) is 38.8 Å². The number of nitrogens with zero attached hydrogens (tertiary/aromatic N) is 1. The van der Waals surface area contributed by atoms with Crippen LogP contribution in [0.5, 0.6) is 0 Å². The molecule has 3 N–H and O–H groups in total. The van der Waals surface area contributed by atoms with E-state index in [-0.39, 0.29) is 36.3 Å². The van der Waals surface area contributed by atoms with E-state index in [1.807, 2.05) is 20.8 Å². The number of nitrogens with one attached hydrogen (secondary N) is 1. The zero-order valence-electron chi connectivity index (χ0n) is 15.7. The second-order valence-corrected chi connectivity index (χ2v) is 7.39. The van der Waals surface area contributed by atoms with E-state index in [0.717, 1.165) is 6.42 Å². The van der Waals surface area contributed by atoms with E-state index >= 15 is 0 Å². The number of morpholine rings is 1. The number of carbonyl (C=O) groups excluding carboxylic acids is 1. The number of nitrogens with two attached hydrogens (primary N) is 1. The molecule has 5 nitrogen and oxygen atoms in total. The van der Waals surface area contributed by atoms with Crippen LogP contribution < -0.4 is 11.1 Å². The van der Waals surface area contributed by atoms with Crippen molar-refractivity contribution in [3.63, 3.8) is 0 Å². The normalized spacial score (nSPS) is 21.8. The summed E-state index contributed by atoms with van der Waals surface area (Å²) in [6, 6.07) is 3.69. The third-order valence-electron chi connectivity index (χ3n) is 5.08. The molecule has 0 aliphatic carbocycles. The Balaban J connectivity index is 2.20. The molecule has 7 heteroatoms. The highest BCUT2D eigenvalue weighted by Gasteiger charge is 2.30. The molecule has 1 heterocycles. The lowest BCUT2D eigenvalue weighted by Crippen LogP contribution is -2.50. The summed E-state index contributed by atoms with van der Waals surface area (Å²) in [6.45, 7) is 8.01. The molecule has 1 saturated heterocycles. The van der Waals surface area contributed by atoms with Gasteiger partial charge in [-0.2, -0.15) is 0 Å². The largest absolute Gasteiger partial charge is 0.376 e. The molecule has 4 atom stereocenters. The fourth-order valence-corrected chi connectivity index (χ4v) is 3.49. The smallest absolute Gasteiger partial charge is 0.237 e. The zero-order valence-corrected chi connectivity index (χ0v) is 16.4. The Labute approximate surface area is 160 Å². The predicted molar refractivity (Wildman–Crippen MR) is 102 cm³/mol. The second kappa shape index (κ2) is 9.65. The van der Waals surface area contributed by atoms with Gasteiger partial charge in [0.05, 0.1) is 24.8 Å². The summed E-state index contributed by atoms with van der Waals surface area (Å²) in [5, 5.41) is 3.25. The van der Waals surface area contributed by atoms with E-state index in [4.69, 9.17) is 22.1 Å². The maximum Gasteiger partial charge on any atom is 0.237 e. The molecule has 1 fully saturated rings. The van der Waals surface area contributed by atoms with Crippen LogP contribution in [0.15, 0.2) is 18.2 Å². The molecule has 1 aliphatic heterocycles. The van der Waals surface area contributed by atoms with Crippen molar-refractivity contribution in [1.29, 1.82) is 0 Å². The van der Waals surface area contributed by atoms with Crippen LogP contribution in [-0.4, -0.2) is 49.2 Å². The van der Waals surface area contributed by atoms with Crippen LogP contribution in [0.25, 0.3) is 0 Å². The van der Waals surface area contributed by atoms with E-state index in [1.54, 1.807) is 12.1 Å². The van der Waals surface area contributed by atoms with E-state index in [1.165, 1.54) is 6.07 Å². The molecule has 0 aromatic heterocycles. The number of halogens is 2. The van der Waals surface area contributed by atoms with E-state index in [2.05, 4.69) is 10.2 Å². The minimum Gasteiger partial charge on any atom is -0.376 e. The quantitative estimate of drug-likeness (QED) is 0.757. The number of amides is 1. The van der Waals surface area contributed by atoms with Gasteiger partial charge in [0.1, 0.15) is 5.82 Å². The van der Waals surface area contributed by atoms with E-state index < -0.39 is 6.04 Å². The van der Waals surface area contributed by atoms with Crippen LogP contribution in [0, 0.1) is 11.7 Å². The van der Waals surface area contributed by atoms with Gasteiger partial charge in [-0.25, -0.2) is 4.39 Å². The first-order valence-corrected chi connectivity index (χ1v) is 9.55. The number of benzene rings is 1. The highest BCUT2D eigenvalue weighted by molar-refractivity contribution is 6.31. The average Bonchev–Trinajstić information content (AvgIpc) is 2.62. The Morgan fingerprint density at radius 1 is 1.54 bits per heavy atom. The number of hydrogen-bond donors (Lipinski definition) is 2. The molecule has 1 aliphatic rings. The van der Waals surface area contributed by atoms with Crippen LogP contribution >= 0.6 is 11.6 Å². The van der Waals surface area contributed by atoms with Crippen molar-refractivity contribution >= 4 is 17.5 Å². The lowest BCUT2D eigenvalue weighted by atomic mass is 9.98. The maximum absolute atomic E-state index is 14.5. The number of rotatable bonds is 7. The molecule has 146 valence electrons. The van der Waals surface area contributed by atoms with Gasteiger partial charge in [0, 0.05) is 30.2 Å². The molecular weight excluding hydrogens is 357 g/mol. The van der Waals surface area contributed by atoms with Crippen molar-refractivity contribution in [1.82, 2.24) is 10.2 Å². The summed E-state index contributed by atoms with van der Waals surface area (Å²) in [5.41, 5.74) is 6.41. The molecule has 26 heavy (non-hydrogen) atoms. The summed E-state index contributed by atoms with van der Waals surface area (Å²) in [5.74, 6) is -0.519. The SMILES string of the molecule is CCC(C)C(N)C(=O)NCC(c1c(F)cccc1Cl)N1CCOC(C)C1. The Bertz CT molecular complexity index is 596. The van der Waals surface area contributed by atoms with Gasteiger partial charge in [-0.1, -0.05) is 37.9 Å². The monoisotopic (exact) mass is 385 g/mol. The molecule has 1 aromatic rings. The summed E-state index contributed by atoms with van der Waals surface area (Å²) < 4.78 is 20.1. The highest BCUT2D eigenvalue weighted by atomic mass is 35.5. The Hall–Kier alpha value is -1.21. The van der Waals surface area contributed by atoms with Crippen LogP contribution in [0.2, 0.25) is 5.02 Å². The first-order valence-electron chi connectivity index (χ1n) is 9.18. The first kappa shape index (κ1) is 21.1. The predicted octanol–water partition coefficient (Wildman–Crippen LogP) is 2.73. The molecule has 1 amide bonds. The van der Waals surface area contributed by atoms with Gasteiger partial charge in [-0.15, -0.1) is 0 Å². The van der Waals surface area contributed by atoms with E-state index in [0.29, 0.717) is 30.3 Å². The van der Waals surface area contributed by atoms with Crippen molar-refractivity contribution in [2.75, 3.05) is 26.2 Å². The minimum absolute atomic E-state index is 0.0369. The van der Waals surface area contributed by atoms with Crippen molar-refractivity contribution in [3.05, 3.63) is 34.6 Å². The fourth-order valence-electron chi connectivity index (χ4n) is 3.20. The molecular formula is C19H29ClFN3O2. The minimum atomic E-state index is -0.583. The molecule has 0 bridgehead atoms. The van der Waals surface area contributed by atoms with Gasteiger partial charge in [0.2, 0.25) is 5.91 Å². The van der Waals surface area contributed by atoms with Gasteiger partial charge in [-0.3, -0.25) is 9.69 Å². The number of carbonyl (C=O) groups is 1. The first-order chi connectivity index (χ1) is 12.3. The second-order valence-electron chi connectivity index (χ2n) is 6.98. The maximum atomic E-state index is 14.5. The summed E-state index contributed by atoms with van der Waals surface area (Å²) >= 11 is 6.30. The molecule has 2 rings (SSSR count). The van der Waals surface area contributed by atoms with Crippen molar-refractivity contribution in [3.8, 4) is 0 Å². The number of ether oxygens (including phenoxy) is 1. The van der Waals surface area contributed by atoms with Gasteiger partial charge < -0.3 is 15.8 Å². The van der Waals surface area contributed by atoms with Crippen molar-refractivity contribution in [2.24, 2.45) is 11.7 Å². The molecule has 0 spiro atoms. The van der Waals surface area contributed by atoms with Gasteiger partial charge in [-0.05, 0) is 25.0 Å². The Kier molecular flexibility index (Phi) is 7.83. The van der Waals surface area contributed by atoms with Crippen molar-refractivity contribution in [2.45, 2.75) is 45.4 Å². The van der Waals surface area contributed by atoms with Crippen LogP contribution in [-0.2, 0) is 9.53 Å². The fraction of sp³-hybridized carbons (Fsp3) is 0.632. The number of hydrogen-bond acceptors (Lipinski definition) is 4. The standard InChI is InChI=1S/C19H29ClFN3O2/c1-4-12(2)18(22)19(25)23-10-16(24-8-9-26-13(3)11-24)17-14(20)6-5-7-15(17)21/h5-7,12-13,16,18H,4,8-11,22H2,1-3H3,(H,23,25). The summed E-state index contributed by atoms with van der Waals surface area (Å²) in [6.07, 6.45) is 0.855. The van der Waals surface area contributed by atoms with E-state index in [9.17, 15) is 9.18 Å². The van der Waals surface area contributed by atoms with Crippen LogP contribution in [0.3, 0.4) is 0 Å². The highest BCUT2D eigenvalue weighted by Crippen LogP contribution is 2.31. The van der Waals surface area contributed by atoms with Crippen LogP contribution in [0.4, 0.5) is 4.39 Å². The zero-order chi connectivity index (χ0) is 19.3. The molecule has 4 unspecified atom stereocenters. The van der Waals surface area contributed by atoms with Gasteiger partial charge in [0.15, 0.2) is 0 Å². The lowest BCUT2D eigenvalue weighted by Gasteiger charge is -2.38. The average molecular weight is 386 g/mol. The van der Waals surface area contributed by atoms with Gasteiger partial charge in [0.25, 0.3) is 0 Å². The summed E-state index contributed by atoms with van der Waals surface area (Å²) in [4.78, 5) is 14.5. The Morgan fingerprint density at radius 3 is 2.88 bits per heavy atom. The third kappa shape index (κ3) is 5.16. The molecule has 0 saturated carbocycles. The lowest BCUT2D eigenvalue weighted by molar-refractivity contribution is -0.123. The third-order valence-corrected chi connectivity index (χ3v) is 5.41. The summed E-state index contributed by atoms with van der Waals surface area (Å²) in [7, 11) is 0. The Morgan fingerprint density at radius 2 is 2.27 bits per heavy atom. The topological polar surface area (TPSA) is 67.6 Å². The molecule has 1 aromatic carbocycles. The van der Waals surface area contributed by atoms with Gasteiger partial charge >= 0.3 is 0 Å². The molecule has 0 radical (unpaired) electrons.